The topological polar surface area (TPSA) is 57.7 Å². The summed E-state index contributed by atoms with van der Waals surface area (Å²) >= 11 is 6.09. The Morgan fingerprint density at radius 2 is 1.63 bits per heavy atom. The van der Waals surface area contributed by atoms with Gasteiger partial charge in [-0.3, -0.25) is 4.79 Å². The Morgan fingerprint density at radius 1 is 0.967 bits per heavy atom. The largest absolute Gasteiger partial charge is 0.339 e. The molecule has 0 unspecified atom stereocenters. The standard InChI is InChI=1S/C22H24ClFN2O3S/c23-19-8-1-2-9-20(19)30(28,29)26-14-12-25(13-15-26)21(27)22(10-3-4-11-22)17-6-5-7-18(24)16-17/h1-2,5-9,16H,3-4,10-15H2. The molecule has 0 aromatic heterocycles. The molecular weight excluding hydrogens is 427 g/mol. The first-order valence-corrected chi connectivity index (χ1v) is 12.0. The van der Waals surface area contributed by atoms with E-state index < -0.39 is 15.4 Å². The number of nitrogens with zero attached hydrogens (tertiary/aromatic N) is 2. The zero-order chi connectivity index (χ0) is 21.4. The van der Waals surface area contributed by atoms with Crippen molar-refractivity contribution in [2.75, 3.05) is 26.2 Å². The second kappa shape index (κ2) is 8.29. The molecule has 1 amide bonds. The van der Waals surface area contributed by atoms with Crippen LogP contribution in [0.25, 0.3) is 0 Å². The molecule has 1 aliphatic carbocycles. The number of piperazine rings is 1. The average Bonchev–Trinajstić information content (AvgIpc) is 3.25. The number of hydrogen-bond donors (Lipinski definition) is 0. The van der Waals surface area contributed by atoms with Crippen LogP contribution in [0.2, 0.25) is 5.02 Å². The lowest BCUT2D eigenvalue weighted by Gasteiger charge is -2.39. The van der Waals surface area contributed by atoms with Gasteiger partial charge < -0.3 is 4.90 Å². The molecule has 2 aliphatic rings. The maximum Gasteiger partial charge on any atom is 0.244 e. The maximum atomic E-state index is 13.9. The Bertz CT molecular complexity index is 1050. The van der Waals surface area contributed by atoms with Crippen molar-refractivity contribution in [2.45, 2.75) is 36.0 Å². The SMILES string of the molecule is O=C(N1CCN(S(=O)(=O)c2ccccc2Cl)CC1)C1(c2cccc(F)c2)CCCC1. The number of sulfonamides is 1. The Morgan fingerprint density at radius 3 is 2.27 bits per heavy atom. The van der Waals surface area contributed by atoms with Crippen molar-refractivity contribution < 1.29 is 17.6 Å². The molecule has 8 heteroatoms. The van der Waals surface area contributed by atoms with Gasteiger partial charge in [0.15, 0.2) is 0 Å². The van der Waals surface area contributed by atoms with E-state index in [2.05, 4.69) is 0 Å². The third-order valence-corrected chi connectivity index (χ3v) is 8.62. The zero-order valence-electron chi connectivity index (χ0n) is 16.6. The summed E-state index contributed by atoms with van der Waals surface area (Å²) in [6, 6.07) is 12.7. The van der Waals surface area contributed by atoms with Gasteiger partial charge in [-0.05, 0) is 42.7 Å². The van der Waals surface area contributed by atoms with E-state index in [1.54, 1.807) is 29.2 Å². The molecule has 5 nitrogen and oxygen atoms in total. The van der Waals surface area contributed by atoms with Crippen LogP contribution in [-0.4, -0.2) is 49.7 Å². The van der Waals surface area contributed by atoms with E-state index >= 15 is 0 Å². The summed E-state index contributed by atoms with van der Waals surface area (Å²) in [7, 11) is -3.72. The minimum atomic E-state index is -3.72. The summed E-state index contributed by atoms with van der Waals surface area (Å²) in [5.74, 6) is -0.373. The highest BCUT2D eigenvalue weighted by molar-refractivity contribution is 7.89. The summed E-state index contributed by atoms with van der Waals surface area (Å²) < 4.78 is 41.2. The number of halogens is 2. The number of carbonyl (C=O) groups is 1. The van der Waals surface area contributed by atoms with Gasteiger partial charge in [0.1, 0.15) is 10.7 Å². The first kappa shape index (κ1) is 21.3. The quantitative estimate of drug-likeness (QED) is 0.711. The van der Waals surface area contributed by atoms with E-state index in [0.717, 1.165) is 18.4 Å². The minimum absolute atomic E-state index is 0.0274. The molecule has 4 rings (SSSR count). The van der Waals surface area contributed by atoms with Gasteiger partial charge in [-0.25, -0.2) is 12.8 Å². The lowest BCUT2D eigenvalue weighted by molar-refractivity contribution is -0.138. The second-order valence-electron chi connectivity index (χ2n) is 7.93. The molecule has 0 bridgehead atoms. The average molecular weight is 451 g/mol. The van der Waals surface area contributed by atoms with Crippen molar-refractivity contribution in [3.63, 3.8) is 0 Å². The van der Waals surface area contributed by atoms with Crippen LogP contribution in [0.15, 0.2) is 53.4 Å². The van der Waals surface area contributed by atoms with Gasteiger partial charge in [-0.1, -0.05) is 48.7 Å². The number of benzene rings is 2. The third-order valence-electron chi connectivity index (χ3n) is 6.22. The van der Waals surface area contributed by atoms with Crippen molar-refractivity contribution in [1.29, 1.82) is 0 Å². The Labute approximate surface area is 181 Å². The highest BCUT2D eigenvalue weighted by Crippen LogP contribution is 2.43. The molecule has 2 fully saturated rings. The molecule has 1 aliphatic heterocycles. The van der Waals surface area contributed by atoms with Crippen molar-refractivity contribution in [1.82, 2.24) is 9.21 Å². The summed E-state index contributed by atoms with van der Waals surface area (Å²) in [5.41, 5.74) is 0.00224. The van der Waals surface area contributed by atoms with E-state index in [1.807, 2.05) is 6.07 Å². The third kappa shape index (κ3) is 3.74. The van der Waals surface area contributed by atoms with Crippen molar-refractivity contribution in [2.24, 2.45) is 0 Å². The zero-order valence-corrected chi connectivity index (χ0v) is 18.1. The van der Waals surface area contributed by atoms with Gasteiger partial charge in [0, 0.05) is 26.2 Å². The molecule has 160 valence electrons. The number of rotatable bonds is 4. The summed E-state index contributed by atoms with van der Waals surface area (Å²) in [5, 5.41) is 0.187. The van der Waals surface area contributed by atoms with E-state index in [1.165, 1.54) is 22.5 Å². The van der Waals surface area contributed by atoms with Gasteiger partial charge in [-0.15, -0.1) is 0 Å². The molecule has 1 saturated carbocycles. The lowest BCUT2D eigenvalue weighted by Crippen LogP contribution is -2.55. The van der Waals surface area contributed by atoms with Crippen LogP contribution in [0, 0.1) is 5.82 Å². The Hall–Kier alpha value is -1.96. The van der Waals surface area contributed by atoms with E-state index in [-0.39, 0.29) is 34.7 Å². The van der Waals surface area contributed by atoms with E-state index in [9.17, 15) is 17.6 Å². The predicted molar refractivity (Wildman–Crippen MR) is 113 cm³/mol. The highest BCUT2D eigenvalue weighted by atomic mass is 35.5. The molecule has 0 atom stereocenters. The van der Waals surface area contributed by atoms with Gasteiger partial charge >= 0.3 is 0 Å². The van der Waals surface area contributed by atoms with E-state index in [4.69, 9.17) is 11.6 Å². The summed E-state index contributed by atoms with van der Waals surface area (Å²) in [4.78, 5) is 15.3. The maximum absolute atomic E-state index is 13.9. The molecule has 0 spiro atoms. The monoisotopic (exact) mass is 450 g/mol. The predicted octanol–water partition coefficient (Wildman–Crippen LogP) is 3.82. The van der Waals surface area contributed by atoms with Gasteiger partial charge in [0.05, 0.1) is 10.4 Å². The number of carbonyl (C=O) groups excluding carboxylic acids is 1. The smallest absolute Gasteiger partial charge is 0.244 e. The molecule has 2 aromatic carbocycles. The molecule has 1 saturated heterocycles. The van der Waals surface area contributed by atoms with E-state index in [0.29, 0.717) is 25.9 Å². The molecule has 2 aromatic rings. The van der Waals surface area contributed by atoms with Crippen LogP contribution < -0.4 is 0 Å². The first-order valence-electron chi connectivity index (χ1n) is 10.1. The highest BCUT2D eigenvalue weighted by Gasteiger charge is 2.46. The van der Waals surface area contributed by atoms with Gasteiger partial charge in [0.25, 0.3) is 0 Å². The van der Waals surface area contributed by atoms with Crippen LogP contribution in [0.4, 0.5) is 4.39 Å². The van der Waals surface area contributed by atoms with Crippen LogP contribution in [0.5, 0.6) is 0 Å². The summed E-state index contributed by atoms with van der Waals surface area (Å²) in [6.45, 7) is 1.02. The van der Waals surface area contributed by atoms with Crippen molar-refractivity contribution >= 4 is 27.5 Å². The lowest BCUT2D eigenvalue weighted by atomic mass is 9.77. The van der Waals surface area contributed by atoms with Crippen LogP contribution in [0.3, 0.4) is 0 Å². The normalized spacial score (nSPS) is 19.7. The Kier molecular flexibility index (Phi) is 5.88. The molecule has 1 heterocycles. The van der Waals surface area contributed by atoms with Crippen LogP contribution in [0.1, 0.15) is 31.2 Å². The first-order chi connectivity index (χ1) is 14.3. The van der Waals surface area contributed by atoms with Crippen LogP contribution in [-0.2, 0) is 20.2 Å². The van der Waals surface area contributed by atoms with Crippen molar-refractivity contribution in [3.05, 3.63) is 64.9 Å². The fourth-order valence-electron chi connectivity index (χ4n) is 4.62. The van der Waals surface area contributed by atoms with Crippen LogP contribution >= 0.6 is 11.6 Å². The number of amides is 1. The minimum Gasteiger partial charge on any atom is -0.339 e. The number of hydrogen-bond acceptors (Lipinski definition) is 3. The fourth-order valence-corrected chi connectivity index (χ4v) is 6.53. The van der Waals surface area contributed by atoms with Crippen molar-refractivity contribution in [3.8, 4) is 0 Å². The molecular formula is C22H24ClFN2O3S. The summed E-state index contributed by atoms with van der Waals surface area (Å²) in [6.07, 6.45) is 3.22. The molecule has 0 radical (unpaired) electrons. The van der Waals surface area contributed by atoms with Gasteiger partial charge in [-0.2, -0.15) is 4.31 Å². The Balaban J connectivity index is 1.52. The second-order valence-corrected chi connectivity index (χ2v) is 10.2. The van der Waals surface area contributed by atoms with Gasteiger partial charge in [0.2, 0.25) is 15.9 Å². The molecule has 30 heavy (non-hydrogen) atoms. The fraction of sp³-hybridized carbons (Fsp3) is 0.409. The molecule has 0 N–H and O–H groups in total.